The van der Waals surface area contributed by atoms with Gasteiger partial charge in [0.2, 0.25) is 11.8 Å². The van der Waals surface area contributed by atoms with Gasteiger partial charge >= 0.3 is 5.97 Å². The van der Waals surface area contributed by atoms with Gasteiger partial charge in [-0.3, -0.25) is 9.59 Å². The summed E-state index contributed by atoms with van der Waals surface area (Å²) in [6.45, 7) is 0.977. The number of hydrogen-bond acceptors (Lipinski definition) is 5. The van der Waals surface area contributed by atoms with E-state index in [1.54, 1.807) is 7.05 Å². The molecule has 3 aromatic carbocycles. The van der Waals surface area contributed by atoms with Crippen molar-refractivity contribution in [3.8, 4) is 0 Å². The maximum absolute atomic E-state index is 12.4. The van der Waals surface area contributed by atoms with Crippen LogP contribution in [0.5, 0.6) is 0 Å². The normalized spacial score (nSPS) is 11.9. The monoisotopic (exact) mass is 561 g/mol. The molecule has 0 saturated carbocycles. The van der Waals surface area contributed by atoms with Crippen LogP contribution in [-0.2, 0) is 19.1 Å². The van der Waals surface area contributed by atoms with E-state index in [-0.39, 0.29) is 23.5 Å². The molecule has 3 rings (SSSR count). The van der Waals surface area contributed by atoms with Gasteiger partial charge in [0.1, 0.15) is 6.04 Å². The van der Waals surface area contributed by atoms with Crippen molar-refractivity contribution in [3.63, 3.8) is 0 Å². The molecule has 1 atom stereocenters. The number of benzene rings is 3. The van der Waals surface area contributed by atoms with Crippen LogP contribution in [-0.4, -0.2) is 54.8 Å². The number of carboxylic acids is 1. The smallest absolute Gasteiger partial charge is 0.326 e. The van der Waals surface area contributed by atoms with Crippen LogP contribution < -0.4 is 16.0 Å². The minimum Gasteiger partial charge on any atom is -0.480 e. The van der Waals surface area contributed by atoms with E-state index in [0.717, 1.165) is 18.6 Å². The van der Waals surface area contributed by atoms with Crippen LogP contribution in [0.25, 0.3) is 0 Å². The van der Waals surface area contributed by atoms with Gasteiger partial charge in [0, 0.05) is 19.5 Å². The van der Waals surface area contributed by atoms with Crippen molar-refractivity contribution < 1.29 is 19.5 Å². The Balaban J connectivity index is 1.57. The van der Waals surface area contributed by atoms with Gasteiger partial charge in [0.25, 0.3) is 0 Å². The number of carbonyl (C=O) groups excluding carboxylic acids is 2. The lowest BCUT2D eigenvalue weighted by Crippen LogP contribution is -2.44. The minimum absolute atomic E-state index is 0.219. The van der Waals surface area contributed by atoms with Crippen molar-refractivity contribution in [2.75, 3.05) is 25.9 Å². The number of likely N-dealkylation sites (N-methyl/N-ethyl adjacent to an activating group) is 1. The minimum atomic E-state index is -1.24. The highest BCUT2D eigenvalue weighted by Gasteiger charge is 2.36. The van der Waals surface area contributed by atoms with E-state index in [0.29, 0.717) is 19.5 Å². The van der Waals surface area contributed by atoms with Crippen LogP contribution in [0.2, 0.25) is 0 Å². The summed E-state index contributed by atoms with van der Waals surface area (Å²) in [5, 5.41) is 17.5. The Morgan fingerprint density at radius 3 is 1.75 bits per heavy atom. The molecule has 4 N–H and O–H groups in total. The van der Waals surface area contributed by atoms with E-state index in [1.807, 2.05) is 30.0 Å². The number of nitrogens with one attached hydrogen (secondary N) is 3. The van der Waals surface area contributed by atoms with E-state index in [9.17, 15) is 19.5 Å². The second kappa shape index (κ2) is 16.5. The summed E-state index contributed by atoms with van der Waals surface area (Å²) in [5.41, 5.74) is 3.64. The number of rotatable bonds is 17. The van der Waals surface area contributed by atoms with Gasteiger partial charge in [0.15, 0.2) is 0 Å². The molecule has 0 unspecified atom stereocenters. The second-order valence-electron chi connectivity index (χ2n) is 9.55. The lowest BCUT2D eigenvalue weighted by Gasteiger charge is -2.35. The zero-order valence-corrected chi connectivity index (χ0v) is 23.8. The van der Waals surface area contributed by atoms with Gasteiger partial charge in [-0.1, -0.05) is 97.4 Å². The maximum Gasteiger partial charge on any atom is 0.326 e. The van der Waals surface area contributed by atoms with Crippen molar-refractivity contribution in [2.24, 2.45) is 0 Å². The molecule has 0 aliphatic rings. The average molecular weight is 562 g/mol. The van der Waals surface area contributed by atoms with E-state index in [2.05, 4.69) is 88.7 Å². The molecule has 0 aliphatic heterocycles. The number of amides is 2. The molecule has 0 bridgehead atoms. The fourth-order valence-corrected chi connectivity index (χ4v) is 6.17. The number of carboxylic acid groups (broad SMARTS) is 1. The predicted octanol–water partition coefficient (Wildman–Crippen LogP) is 4.57. The number of hydrogen-bond donors (Lipinski definition) is 4. The molecule has 0 fully saturated rings. The van der Waals surface area contributed by atoms with E-state index < -0.39 is 17.9 Å². The van der Waals surface area contributed by atoms with Crippen LogP contribution in [0.4, 0.5) is 0 Å². The van der Waals surface area contributed by atoms with Crippen molar-refractivity contribution in [1.82, 2.24) is 16.0 Å². The molecule has 0 spiro atoms. The molecule has 0 radical (unpaired) electrons. The largest absolute Gasteiger partial charge is 0.480 e. The molecule has 0 saturated heterocycles. The highest BCUT2D eigenvalue weighted by molar-refractivity contribution is 8.00. The number of aliphatic carboxylic acids is 1. The first kappa shape index (κ1) is 30.9. The standard InChI is InChI=1S/C32H39N3O4S/c1-33-21-22-34-30(37)24-28(31(38)39)35-29(36)20-12-5-13-23-40-32(25-14-6-2-7-15-25,26-16-8-3-9-17-26)27-18-10-4-11-19-27/h2-4,6-11,14-19,28,33H,5,12-13,20-24H2,1H3,(H,34,37)(H,35,36)(H,38,39)/t28-/m0/s1. The highest BCUT2D eigenvalue weighted by Crippen LogP contribution is 2.48. The summed E-state index contributed by atoms with van der Waals surface area (Å²) in [5.74, 6) is -1.09. The SMILES string of the molecule is CNCCNC(=O)C[C@H](NC(=O)CCCCCSC(c1ccccc1)(c1ccccc1)c1ccccc1)C(=O)O. The first-order chi connectivity index (χ1) is 19.5. The summed E-state index contributed by atoms with van der Waals surface area (Å²) < 4.78 is -0.371. The van der Waals surface area contributed by atoms with E-state index >= 15 is 0 Å². The molecule has 0 heterocycles. The summed E-state index contributed by atoms with van der Waals surface area (Å²) >= 11 is 1.89. The first-order valence-electron chi connectivity index (χ1n) is 13.7. The van der Waals surface area contributed by atoms with Crippen molar-refractivity contribution in [3.05, 3.63) is 108 Å². The first-order valence-corrected chi connectivity index (χ1v) is 14.7. The molecule has 0 aromatic heterocycles. The summed E-state index contributed by atoms with van der Waals surface area (Å²) in [6, 6.07) is 30.4. The molecule has 0 aliphatic carbocycles. The molecule has 8 heteroatoms. The molecular formula is C32H39N3O4S. The van der Waals surface area contributed by atoms with Gasteiger partial charge in [-0.05, 0) is 42.3 Å². The van der Waals surface area contributed by atoms with Gasteiger partial charge in [0.05, 0.1) is 11.2 Å². The molecule has 40 heavy (non-hydrogen) atoms. The number of carbonyl (C=O) groups is 3. The third-order valence-electron chi connectivity index (χ3n) is 6.63. The Hall–Kier alpha value is -3.62. The van der Waals surface area contributed by atoms with Crippen LogP contribution in [0.1, 0.15) is 48.8 Å². The Morgan fingerprint density at radius 1 is 0.750 bits per heavy atom. The van der Waals surface area contributed by atoms with Gasteiger partial charge in [-0.2, -0.15) is 0 Å². The van der Waals surface area contributed by atoms with E-state index in [1.165, 1.54) is 16.7 Å². The van der Waals surface area contributed by atoms with Gasteiger partial charge in [-0.15, -0.1) is 11.8 Å². The van der Waals surface area contributed by atoms with Gasteiger partial charge < -0.3 is 21.1 Å². The molecule has 2 amide bonds. The Morgan fingerprint density at radius 2 is 1.27 bits per heavy atom. The summed E-state index contributed by atoms with van der Waals surface area (Å²) in [4.78, 5) is 36.0. The Bertz CT molecular complexity index is 1100. The molecule has 7 nitrogen and oxygen atoms in total. The van der Waals surface area contributed by atoms with Crippen LogP contribution in [0, 0.1) is 0 Å². The molecule has 212 valence electrons. The fraction of sp³-hybridized carbons (Fsp3) is 0.344. The van der Waals surface area contributed by atoms with Crippen molar-refractivity contribution in [2.45, 2.75) is 42.9 Å². The number of thioether (sulfide) groups is 1. The number of unbranched alkanes of at least 4 members (excludes halogenated alkanes) is 2. The topological polar surface area (TPSA) is 108 Å². The van der Waals surface area contributed by atoms with Crippen molar-refractivity contribution >= 4 is 29.5 Å². The highest BCUT2D eigenvalue weighted by atomic mass is 32.2. The second-order valence-corrected chi connectivity index (χ2v) is 10.9. The lowest BCUT2D eigenvalue weighted by molar-refractivity contribution is -0.143. The average Bonchev–Trinajstić information content (AvgIpc) is 2.98. The third-order valence-corrected chi connectivity index (χ3v) is 8.26. The third kappa shape index (κ3) is 8.96. The summed E-state index contributed by atoms with van der Waals surface area (Å²) in [7, 11) is 1.76. The van der Waals surface area contributed by atoms with Gasteiger partial charge in [-0.25, -0.2) is 4.79 Å². The van der Waals surface area contributed by atoms with Crippen LogP contribution in [0.3, 0.4) is 0 Å². The van der Waals surface area contributed by atoms with Crippen LogP contribution in [0.15, 0.2) is 91.0 Å². The Kier molecular flexibility index (Phi) is 12.7. The fourth-order valence-electron chi connectivity index (χ4n) is 4.61. The molecular weight excluding hydrogens is 522 g/mol. The zero-order chi connectivity index (χ0) is 28.6. The van der Waals surface area contributed by atoms with E-state index in [4.69, 9.17) is 0 Å². The summed E-state index contributed by atoms with van der Waals surface area (Å²) in [6.07, 6.45) is 2.31. The molecule has 3 aromatic rings. The zero-order valence-electron chi connectivity index (χ0n) is 23.0. The lowest BCUT2D eigenvalue weighted by atomic mass is 9.84. The van der Waals surface area contributed by atoms with Crippen LogP contribution >= 0.6 is 11.8 Å². The Labute approximate surface area is 241 Å². The predicted molar refractivity (Wildman–Crippen MR) is 161 cm³/mol. The van der Waals surface area contributed by atoms with Crippen molar-refractivity contribution in [1.29, 1.82) is 0 Å². The maximum atomic E-state index is 12.4. The quantitative estimate of drug-likeness (QED) is 0.142.